The number of carbonyl (C=O) groups is 4. The topological polar surface area (TPSA) is 131 Å². The van der Waals surface area contributed by atoms with Gasteiger partial charge < -0.3 is 11.0 Å². The molecule has 0 aliphatic heterocycles. The van der Waals surface area contributed by atoms with E-state index in [1.54, 1.807) is 18.2 Å². The highest BCUT2D eigenvalue weighted by atomic mass is 16.2. The predicted molar refractivity (Wildman–Crippen MR) is 105 cm³/mol. The third-order valence-electron chi connectivity index (χ3n) is 4.07. The predicted octanol–water partition coefficient (Wildman–Crippen LogP) is 2.13. The number of hydrogen-bond acceptors (Lipinski definition) is 4. The molecule has 0 saturated heterocycles. The molecule has 0 spiro atoms. The van der Waals surface area contributed by atoms with Crippen LogP contribution in [0.3, 0.4) is 0 Å². The lowest BCUT2D eigenvalue weighted by Gasteiger charge is -2.12. The maximum absolute atomic E-state index is 12.2. The van der Waals surface area contributed by atoms with Crippen molar-refractivity contribution >= 4 is 24.1 Å². The Morgan fingerprint density at radius 2 is 1.18 bits per heavy atom. The van der Waals surface area contributed by atoms with Crippen molar-refractivity contribution in [2.24, 2.45) is 0 Å². The maximum Gasteiger partial charge on any atom is 0.226 e. The van der Waals surface area contributed by atoms with Gasteiger partial charge in [-0.1, -0.05) is 66.7 Å². The van der Waals surface area contributed by atoms with Crippen LogP contribution in [0.1, 0.15) is 20.7 Å². The van der Waals surface area contributed by atoms with Crippen molar-refractivity contribution in [1.29, 1.82) is 0 Å². The average molecular weight is 378 g/mol. The van der Waals surface area contributed by atoms with Gasteiger partial charge in [-0.25, -0.2) is 0 Å². The molecule has 0 bridgehead atoms. The fourth-order valence-electron chi connectivity index (χ4n) is 2.88. The van der Waals surface area contributed by atoms with E-state index in [2.05, 4.69) is 0 Å². The Balaban J connectivity index is 0.00000196. The minimum Gasteiger partial charge on any atom is -0.412 e. The van der Waals surface area contributed by atoms with Crippen LogP contribution < -0.4 is 0 Å². The molecule has 0 fully saturated rings. The highest BCUT2D eigenvalue weighted by molar-refractivity contribution is 6.42. The molecule has 0 amide bonds. The van der Waals surface area contributed by atoms with Crippen molar-refractivity contribution in [1.82, 2.24) is 0 Å². The Hall–Kier alpha value is -3.74. The Bertz CT molecular complexity index is 1010. The lowest BCUT2D eigenvalue weighted by atomic mass is 9.90. The molecule has 4 N–H and O–H groups in total. The van der Waals surface area contributed by atoms with Crippen molar-refractivity contribution < 1.29 is 30.1 Å². The molecule has 0 unspecified atom stereocenters. The second-order valence-electron chi connectivity index (χ2n) is 5.64. The second kappa shape index (κ2) is 9.82. The van der Waals surface area contributed by atoms with Gasteiger partial charge in [-0.3, -0.25) is 19.2 Å². The lowest BCUT2D eigenvalue weighted by molar-refractivity contribution is -0.105. The molecule has 3 aromatic carbocycles. The molecule has 0 aromatic heterocycles. The Kier molecular flexibility index (Phi) is 7.82. The van der Waals surface area contributed by atoms with Gasteiger partial charge in [0.1, 0.15) is 0 Å². The van der Waals surface area contributed by atoms with Crippen molar-refractivity contribution in [2.45, 2.75) is 0 Å². The van der Waals surface area contributed by atoms with Crippen LogP contribution in [0.2, 0.25) is 0 Å². The zero-order valence-electron chi connectivity index (χ0n) is 14.7. The maximum atomic E-state index is 12.2. The Morgan fingerprint density at radius 3 is 1.82 bits per heavy atom. The number of Topliss-reactive ketones (excluding diaryl/α,β-unsaturated/α-hetero) is 2. The number of aldehydes is 2. The summed E-state index contributed by atoms with van der Waals surface area (Å²) < 4.78 is 0. The summed E-state index contributed by atoms with van der Waals surface area (Å²) in [6.07, 6.45) is 0.294. The fraction of sp³-hybridized carbons (Fsp3) is 0. The van der Waals surface area contributed by atoms with E-state index in [1.165, 1.54) is 6.07 Å². The van der Waals surface area contributed by atoms with Crippen LogP contribution in [0.5, 0.6) is 0 Å². The average Bonchev–Trinajstić information content (AvgIpc) is 2.72. The van der Waals surface area contributed by atoms with Crippen molar-refractivity contribution in [3.05, 3.63) is 83.9 Å². The van der Waals surface area contributed by atoms with E-state index < -0.39 is 11.6 Å². The van der Waals surface area contributed by atoms with Gasteiger partial charge in [0.15, 0.2) is 12.6 Å². The van der Waals surface area contributed by atoms with Gasteiger partial charge in [-0.15, -0.1) is 0 Å². The summed E-state index contributed by atoms with van der Waals surface area (Å²) in [5.74, 6) is -1.67. The van der Waals surface area contributed by atoms with Crippen LogP contribution in [0.4, 0.5) is 0 Å². The van der Waals surface area contributed by atoms with E-state index in [9.17, 15) is 19.2 Å². The molecular formula is C22H18O6. The first-order chi connectivity index (χ1) is 12.7. The SMILES string of the molecule is O.O.O=CC(=O)c1cccc(-c2cccc(-c3ccccc3)c2)c1C(=O)C=O. The molecular weight excluding hydrogens is 360 g/mol. The van der Waals surface area contributed by atoms with E-state index in [0.29, 0.717) is 11.1 Å². The molecule has 0 radical (unpaired) electrons. The molecule has 0 aliphatic rings. The summed E-state index contributed by atoms with van der Waals surface area (Å²) in [5, 5.41) is 0. The first kappa shape index (κ1) is 22.3. The van der Waals surface area contributed by atoms with Gasteiger partial charge in [0.2, 0.25) is 11.6 Å². The van der Waals surface area contributed by atoms with Gasteiger partial charge in [0.05, 0.1) is 0 Å². The highest BCUT2D eigenvalue weighted by Gasteiger charge is 2.21. The van der Waals surface area contributed by atoms with Crippen molar-refractivity contribution in [3.8, 4) is 22.3 Å². The standard InChI is InChI=1S/C22H14O4.2H2O/c23-13-20(25)19-11-5-10-18(22(19)21(26)14-24)17-9-4-8-16(12-17)15-6-2-1-3-7-15;;/h1-14H;2*1H2. The Morgan fingerprint density at radius 1 is 0.607 bits per heavy atom. The number of ketones is 2. The van der Waals surface area contributed by atoms with Gasteiger partial charge in [-0.05, 0) is 28.3 Å². The minimum absolute atomic E-state index is 0. The summed E-state index contributed by atoms with van der Waals surface area (Å²) >= 11 is 0. The van der Waals surface area contributed by atoms with Crippen LogP contribution in [0.15, 0.2) is 72.8 Å². The first-order valence-electron chi connectivity index (χ1n) is 7.93. The summed E-state index contributed by atoms with van der Waals surface area (Å²) in [5.41, 5.74) is 2.92. The largest absolute Gasteiger partial charge is 0.412 e. The molecule has 0 atom stereocenters. The van der Waals surface area contributed by atoms with E-state index in [4.69, 9.17) is 0 Å². The van der Waals surface area contributed by atoms with E-state index in [-0.39, 0.29) is 34.7 Å². The zero-order valence-corrected chi connectivity index (χ0v) is 14.7. The van der Waals surface area contributed by atoms with Crippen molar-refractivity contribution in [2.75, 3.05) is 0 Å². The van der Waals surface area contributed by atoms with Crippen LogP contribution in [0, 0.1) is 0 Å². The molecule has 6 nitrogen and oxygen atoms in total. The molecule has 28 heavy (non-hydrogen) atoms. The third kappa shape index (κ3) is 4.32. The number of benzene rings is 3. The number of hydrogen-bond donors (Lipinski definition) is 0. The fourth-order valence-corrected chi connectivity index (χ4v) is 2.88. The molecule has 0 aliphatic carbocycles. The second-order valence-corrected chi connectivity index (χ2v) is 5.64. The van der Waals surface area contributed by atoms with Gasteiger partial charge >= 0.3 is 0 Å². The van der Waals surface area contributed by atoms with E-state index >= 15 is 0 Å². The summed E-state index contributed by atoms with van der Waals surface area (Å²) in [7, 11) is 0. The molecule has 0 heterocycles. The minimum atomic E-state index is -0.837. The third-order valence-corrected chi connectivity index (χ3v) is 4.07. The molecule has 6 heteroatoms. The monoisotopic (exact) mass is 378 g/mol. The van der Waals surface area contributed by atoms with Crippen LogP contribution in [-0.4, -0.2) is 35.1 Å². The lowest BCUT2D eigenvalue weighted by Crippen LogP contribution is -2.12. The van der Waals surface area contributed by atoms with Crippen LogP contribution in [-0.2, 0) is 9.59 Å². The molecule has 142 valence electrons. The van der Waals surface area contributed by atoms with Gasteiger partial charge in [0.25, 0.3) is 0 Å². The van der Waals surface area contributed by atoms with Crippen LogP contribution in [0.25, 0.3) is 22.3 Å². The quantitative estimate of drug-likeness (QED) is 0.369. The normalized spacial score (nSPS) is 9.43. The smallest absolute Gasteiger partial charge is 0.226 e. The summed E-state index contributed by atoms with van der Waals surface area (Å²) in [4.78, 5) is 46.1. The highest BCUT2D eigenvalue weighted by Crippen LogP contribution is 2.30. The molecule has 0 saturated carbocycles. The number of carbonyl (C=O) groups excluding carboxylic acids is 4. The van der Waals surface area contributed by atoms with Gasteiger partial charge in [-0.2, -0.15) is 0 Å². The molecule has 3 rings (SSSR count). The van der Waals surface area contributed by atoms with E-state index in [0.717, 1.165) is 11.1 Å². The first-order valence-corrected chi connectivity index (χ1v) is 7.93. The van der Waals surface area contributed by atoms with E-state index in [1.807, 2.05) is 48.5 Å². The number of rotatable bonds is 6. The summed E-state index contributed by atoms with van der Waals surface area (Å²) in [6.45, 7) is 0. The summed E-state index contributed by atoms with van der Waals surface area (Å²) in [6, 6.07) is 21.7. The molecule has 3 aromatic rings. The van der Waals surface area contributed by atoms with Gasteiger partial charge in [0, 0.05) is 11.1 Å². The van der Waals surface area contributed by atoms with Crippen molar-refractivity contribution in [3.63, 3.8) is 0 Å². The zero-order chi connectivity index (χ0) is 18.5. The Labute approximate surface area is 161 Å². The van der Waals surface area contributed by atoms with Crippen LogP contribution >= 0.6 is 0 Å².